The first-order valence-corrected chi connectivity index (χ1v) is 6.03. The summed E-state index contributed by atoms with van der Waals surface area (Å²) < 4.78 is 1.03. The quantitative estimate of drug-likeness (QED) is 0.745. The third-order valence-electron chi connectivity index (χ3n) is 2.08. The molecule has 0 aromatic carbocycles. The van der Waals surface area contributed by atoms with Crippen molar-refractivity contribution in [1.29, 1.82) is 0 Å². The Hall–Kier alpha value is -0.150. The van der Waals surface area contributed by atoms with Crippen molar-refractivity contribution in [2.45, 2.75) is 26.7 Å². The van der Waals surface area contributed by atoms with Crippen LogP contribution in [-0.2, 0) is 0 Å². The first-order chi connectivity index (χ1) is 6.13. The van der Waals surface area contributed by atoms with Crippen LogP contribution in [0.2, 0.25) is 0 Å². The van der Waals surface area contributed by atoms with Crippen LogP contribution < -0.4 is 0 Å². The third-order valence-corrected chi connectivity index (χ3v) is 3.74. The zero-order valence-corrected chi connectivity index (χ0v) is 10.2. The Morgan fingerprint density at radius 3 is 2.77 bits per heavy atom. The zero-order valence-electron chi connectivity index (χ0n) is 7.84. The Kier molecular flexibility index (Phi) is 4.13. The van der Waals surface area contributed by atoms with E-state index in [4.69, 9.17) is 0 Å². The van der Waals surface area contributed by atoms with Gasteiger partial charge in [-0.3, -0.25) is 4.79 Å². The second-order valence-corrected chi connectivity index (χ2v) is 5.71. The summed E-state index contributed by atoms with van der Waals surface area (Å²) in [6, 6.07) is 3.81. The number of Topliss-reactive ketones (excluding diaryl/α,β-unsaturated/α-hetero) is 1. The van der Waals surface area contributed by atoms with Gasteiger partial charge in [-0.15, -0.1) is 11.3 Å². The maximum absolute atomic E-state index is 11.6. The van der Waals surface area contributed by atoms with E-state index in [2.05, 4.69) is 29.8 Å². The highest BCUT2D eigenvalue weighted by Gasteiger charge is 2.11. The van der Waals surface area contributed by atoms with Gasteiger partial charge in [-0.05, 0) is 34.0 Å². The number of rotatable bonds is 4. The highest BCUT2D eigenvalue weighted by Crippen LogP contribution is 2.24. The van der Waals surface area contributed by atoms with Gasteiger partial charge < -0.3 is 0 Å². The van der Waals surface area contributed by atoms with Gasteiger partial charge >= 0.3 is 0 Å². The highest BCUT2D eigenvalue weighted by molar-refractivity contribution is 9.11. The zero-order chi connectivity index (χ0) is 9.84. The Balaban J connectivity index is 2.58. The van der Waals surface area contributed by atoms with Crippen molar-refractivity contribution in [1.82, 2.24) is 0 Å². The smallest absolute Gasteiger partial charge is 0.173 e. The molecule has 0 aliphatic rings. The largest absolute Gasteiger partial charge is 0.293 e. The number of hydrogen-bond acceptors (Lipinski definition) is 2. The lowest BCUT2D eigenvalue weighted by Gasteiger charge is -2.04. The topological polar surface area (TPSA) is 17.1 Å². The van der Waals surface area contributed by atoms with Crippen LogP contribution in [0, 0.1) is 5.92 Å². The van der Waals surface area contributed by atoms with Crippen LogP contribution in [0.3, 0.4) is 0 Å². The number of hydrogen-bond donors (Lipinski definition) is 0. The summed E-state index contributed by atoms with van der Waals surface area (Å²) in [4.78, 5) is 12.5. The number of carbonyl (C=O) groups excluding carboxylic acids is 1. The maximum atomic E-state index is 11.6. The summed E-state index contributed by atoms with van der Waals surface area (Å²) in [6.07, 6.45) is 1.74. The molecule has 0 radical (unpaired) electrons. The van der Waals surface area contributed by atoms with Crippen molar-refractivity contribution < 1.29 is 4.79 Å². The highest BCUT2D eigenvalue weighted by atomic mass is 79.9. The molecule has 1 unspecified atom stereocenters. The van der Waals surface area contributed by atoms with Crippen LogP contribution in [0.5, 0.6) is 0 Å². The van der Waals surface area contributed by atoms with Crippen molar-refractivity contribution in [3.63, 3.8) is 0 Å². The molecule has 0 aliphatic heterocycles. The van der Waals surface area contributed by atoms with E-state index in [1.807, 2.05) is 12.1 Å². The summed E-state index contributed by atoms with van der Waals surface area (Å²) in [7, 11) is 0. The molecule has 0 spiro atoms. The molecular formula is C10H13BrOS. The molecule has 0 saturated heterocycles. The van der Waals surface area contributed by atoms with Crippen molar-refractivity contribution in [3.05, 3.63) is 20.8 Å². The Bertz CT molecular complexity index is 293. The molecule has 3 heteroatoms. The molecule has 1 aromatic rings. The third kappa shape index (κ3) is 3.24. The average molecular weight is 261 g/mol. The summed E-state index contributed by atoms with van der Waals surface area (Å²) in [5.74, 6) is 0.762. The second-order valence-electron chi connectivity index (χ2n) is 3.24. The van der Waals surface area contributed by atoms with Gasteiger partial charge in [0, 0.05) is 6.42 Å². The van der Waals surface area contributed by atoms with Crippen LogP contribution in [0.25, 0.3) is 0 Å². The first-order valence-electron chi connectivity index (χ1n) is 4.42. The van der Waals surface area contributed by atoms with Crippen LogP contribution >= 0.6 is 27.3 Å². The molecule has 72 valence electrons. The van der Waals surface area contributed by atoms with Gasteiger partial charge in [-0.2, -0.15) is 0 Å². The van der Waals surface area contributed by atoms with E-state index < -0.39 is 0 Å². The van der Waals surface area contributed by atoms with E-state index in [1.54, 1.807) is 0 Å². The molecule has 0 fully saturated rings. The lowest BCUT2D eigenvalue weighted by atomic mass is 10.0. The van der Waals surface area contributed by atoms with Gasteiger partial charge in [0.1, 0.15) is 0 Å². The summed E-state index contributed by atoms with van der Waals surface area (Å²) >= 11 is 4.87. The molecule has 1 rings (SSSR count). The molecule has 1 aromatic heterocycles. The molecule has 0 N–H and O–H groups in total. The lowest BCUT2D eigenvalue weighted by molar-refractivity contribution is 0.0967. The monoisotopic (exact) mass is 260 g/mol. The van der Waals surface area contributed by atoms with E-state index in [-0.39, 0.29) is 5.78 Å². The summed E-state index contributed by atoms with van der Waals surface area (Å²) in [6.45, 7) is 4.23. The van der Waals surface area contributed by atoms with E-state index >= 15 is 0 Å². The molecule has 13 heavy (non-hydrogen) atoms. The van der Waals surface area contributed by atoms with Crippen molar-refractivity contribution in [2.24, 2.45) is 5.92 Å². The van der Waals surface area contributed by atoms with E-state index in [0.29, 0.717) is 12.3 Å². The van der Waals surface area contributed by atoms with E-state index in [1.165, 1.54) is 11.3 Å². The van der Waals surface area contributed by atoms with Crippen molar-refractivity contribution >= 4 is 33.0 Å². The normalized spacial score (nSPS) is 12.8. The van der Waals surface area contributed by atoms with Crippen molar-refractivity contribution in [2.75, 3.05) is 0 Å². The fourth-order valence-corrected chi connectivity index (χ4v) is 2.36. The molecule has 1 nitrogen and oxygen atoms in total. The minimum absolute atomic E-state index is 0.269. The lowest BCUT2D eigenvalue weighted by Crippen LogP contribution is -2.03. The van der Waals surface area contributed by atoms with E-state index in [9.17, 15) is 4.79 Å². The van der Waals surface area contributed by atoms with E-state index in [0.717, 1.165) is 15.1 Å². The fourth-order valence-electron chi connectivity index (χ4n) is 1.03. The van der Waals surface area contributed by atoms with Gasteiger partial charge in [0.2, 0.25) is 0 Å². The molecular weight excluding hydrogens is 248 g/mol. The minimum Gasteiger partial charge on any atom is -0.293 e. The fraction of sp³-hybridized carbons (Fsp3) is 0.500. The number of ketones is 1. The van der Waals surface area contributed by atoms with Gasteiger partial charge in [0.05, 0.1) is 8.66 Å². The van der Waals surface area contributed by atoms with Crippen LogP contribution in [0.1, 0.15) is 36.4 Å². The molecule has 1 atom stereocenters. The van der Waals surface area contributed by atoms with Gasteiger partial charge in [-0.1, -0.05) is 20.3 Å². The predicted octanol–water partition coefficient (Wildman–Crippen LogP) is 4.13. The standard InChI is InChI=1S/C10H13BrOS/c1-3-7(2)6-8(12)9-4-5-10(11)13-9/h4-5,7H,3,6H2,1-2H3. The summed E-state index contributed by atoms with van der Waals surface area (Å²) in [5.41, 5.74) is 0. The SMILES string of the molecule is CCC(C)CC(=O)c1ccc(Br)s1. The average Bonchev–Trinajstić information content (AvgIpc) is 2.51. The molecule has 1 heterocycles. The Morgan fingerprint density at radius 1 is 1.62 bits per heavy atom. The molecule has 0 amide bonds. The Morgan fingerprint density at radius 2 is 2.31 bits per heavy atom. The molecule has 0 aliphatic carbocycles. The summed E-state index contributed by atoms with van der Waals surface area (Å²) in [5, 5.41) is 0. The minimum atomic E-state index is 0.269. The number of thiophene rings is 1. The number of carbonyl (C=O) groups is 1. The van der Waals surface area contributed by atoms with Crippen molar-refractivity contribution in [3.8, 4) is 0 Å². The van der Waals surface area contributed by atoms with Gasteiger partial charge in [0.15, 0.2) is 5.78 Å². The number of halogens is 1. The predicted molar refractivity (Wildman–Crippen MR) is 60.4 cm³/mol. The Labute approximate surface area is 91.3 Å². The molecule has 0 saturated carbocycles. The van der Waals surface area contributed by atoms with Gasteiger partial charge in [-0.25, -0.2) is 0 Å². The van der Waals surface area contributed by atoms with Gasteiger partial charge in [0.25, 0.3) is 0 Å². The second kappa shape index (κ2) is 4.91. The van der Waals surface area contributed by atoms with Crippen LogP contribution in [-0.4, -0.2) is 5.78 Å². The molecule has 0 bridgehead atoms. The van der Waals surface area contributed by atoms with Crippen LogP contribution in [0.15, 0.2) is 15.9 Å². The van der Waals surface area contributed by atoms with Crippen LogP contribution in [0.4, 0.5) is 0 Å². The first kappa shape index (κ1) is 10.9. The maximum Gasteiger partial charge on any atom is 0.173 e.